The predicted octanol–water partition coefficient (Wildman–Crippen LogP) is 0.938. The Bertz CT molecular complexity index is 1040. The molecule has 1 N–H and O–H groups in total. The molecular weight excluding hydrogens is 436 g/mol. The molecular formula is C22H27BrN2O2S. The molecule has 0 aliphatic carbocycles. The highest BCUT2D eigenvalue weighted by Crippen LogP contribution is 2.26. The second-order valence-electron chi connectivity index (χ2n) is 7.56. The summed E-state index contributed by atoms with van der Waals surface area (Å²) in [4.78, 5) is 6.21. The molecule has 0 saturated carbocycles. The van der Waals surface area contributed by atoms with E-state index in [1.165, 1.54) is 30.3 Å². The zero-order valence-corrected chi connectivity index (χ0v) is 18.5. The maximum atomic E-state index is 12.5. The number of halogens is 1. The number of rotatable bonds is 6. The van der Waals surface area contributed by atoms with Gasteiger partial charge in [0.25, 0.3) is 0 Å². The van der Waals surface area contributed by atoms with Gasteiger partial charge in [0.2, 0.25) is 0 Å². The second-order valence-corrected chi connectivity index (χ2v) is 9.67. The van der Waals surface area contributed by atoms with Crippen molar-refractivity contribution in [3.05, 3.63) is 65.9 Å². The highest BCUT2D eigenvalue weighted by molar-refractivity contribution is 7.91. The lowest BCUT2D eigenvalue weighted by atomic mass is 10.0. The van der Waals surface area contributed by atoms with Crippen LogP contribution in [0.5, 0.6) is 0 Å². The maximum absolute atomic E-state index is 12.5. The number of H-pyrrole nitrogens is 1. The predicted molar refractivity (Wildman–Crippen MR) is 111 cm³/mol. The maximum Gasteiger partial charge on any atom is 1.00 e. The molecule has 2 aromatic carbocycles. The SMILES string of the molecule is CN1CCC[C@@H]1Cc1c[nH]c2ccc(CCS(=O)(=O)c3ccccc3)cc12.[Br-].[H+]. The molecule has 1 aromatic heterocycles. The molecule has 0 bridgehead atoms. The number of aromatic amines is 1. The molecule has 1 aliphatic rings. The van der Waals surface area contributed by atoms with E-state index in [0.29, 0.717) is 17.4 Å². The summed E-state index contributed by atoms with van der Waals surface area (Å²) in [5.41, 5.74) is 3.53. The van der Waals surface area contributed by atoms with E-state index in [0.717, 1.165) is 17.5 Å². The topological polar surface area (TPSA) is 53.2 Å². The summed E-state index contributed by atoms with van der Waals surface area (Å²) in [5.74, 6) is 0.133. The van der Waals surface area contributed by atoms with Crippen molar-refractivity contribution < 1.29 is 26.8 Å². The molecule has 0 amide bonds. The van der Waals surface area contributed by atoms with Gasteiger partial charge in [-0.15, -0.1) is 0 Å². The second kappa shape index (κ2) is 8.80. The van der Waals surface area contributed by atoms with Crippen molar-refractivity contribution in [2.75, 3.05) is 19.3 Å². The fraction of sp³-hybridized carbons (Fsp3) is 0.364. The Morgan fingerprint density at radius 1 is 1.18 bits per heavy atom. The molecule has 1 aliphatic heterocycles. The van der Waals surface area contributed by atoms with Crippen LogP contribution in [0.4, 0.5) is 0 Å². The number of hydrogen-bond acceptors (Lipinski definition) is 3. The van der Waals surface area contributed by atoms with Crippen LogP contribution in [0.15, 0.2) is 59.6 Å². The van der Waals surface area contributed by atoms with Gasteiger partial charge >= 0.3 is 1.43 Å². The average Bonchev–Trinajstić information content (AvgIpc) is 3.27. The Balaban J connectivity index is 0.00000150. The number of nitrogens with one attached hydrogen (secondary N) is 1. The highest BCUT2D eigenvalue weighted by Gasteiger charge is 2.22. The lowest BCUT2D eigenvalue weighted by molar-refractivity contribution is -0.00000792. The Morgan fingerprint density at radius 2 is 1.96 bits per heavy atom. The first-order valence-electron chi connectivity index (χ1n) is 9.60. The minimum Gasteiger partial charge on any atom is -1.00 e. The largest absolute Gasteiger partial charge is 1.00 e. The van der Waals surface area contributed by atoms with Crippen molar-refractivity contribution in [3.8, 4) is 0 Å². The Labute approximate surface area is 179 Å². The number of hydrogen-bond donors (Lipinski definition) is 1. The summed E-state index contributed by atoms with van der Waals surface area (Å²) in [5, 5.41) is 1.23. The minimum atomic E-state index is -3.25. The van der Waals surface area contributed by atoms with Gasteiger partial charge in [0, 0.05) is 23.1 Å². The van der Waals surface area contributed by atoms with E-state index in [9.17, 15) is 8.42 Å². The van der Waals surface area contributed by atoms with Crippen LogP contribution >= 0.6 is 0 Å². The monoisotopic (exact) mass is 462 g/mol. The molecule has 1 atom stereocenters. The van der Waals surface area contributed by atoms with Crippen molar-refractivity contribution in [3.63, 3.8) is 0 Å². The van der Waals surface area contributed by atoms with E-state index in [-0.39, 0.29) is 24.2 Å². The normalized spacial score (nSPS) is 17.7. The number of sulfone groups is 1. The standard InChI is InChI=1S/C22H26N2O2S.BrH/c1-24-12-5-6-19(24)15-18-16-23-22-10-9-17(14-21(18)22)11-13-27(25,26)20-7-3-2-4-8-20;/h2-4,7-10,14,16,19,23H,5-6,11-13,15H2,1H3;1H/t19-;/m1./s1. The third kappa shape index (κ3) is 4.50. The molecule has 0 unspecified atom stereocenters. The molecule has 3 aromatic rings. The van der Waals surface area contributed by atoms with E-state index >= 15 is 0 Å². The smallest absolute Gasteiger partial charge is 1.00 e. The van der Waals surface area contributed by atoms with Crippen LogP contribution in [0.1, 0.15) is 25.4 Å². The summed E-state index contributed by atoms with van der Waals surface area (Å²) in [6, 6.07) is 15.6. The van der Waals surface area contributed by atoms with Crippen LogP contribution in [0, 0.1) is 0 Å². The number of aromatic nitrogens is 1. The number of aryl methyl sites for hydroxylation is 1. The van der Waals surface area contributed by atoms with Gasteiger partial charge in [0.05, 0.1) is 10.6 Å². The quantitative estimate of drug-likeness (QED) is 0.592. The van der Waals surface area contributed by atoms with E-state index in [1.54, 1.807) is 24.3 Å². The van der Waals surface area contributed by atoms with Crippen LogP contribution in [0.3, 0.4) is 0 Å². The first-order chi connectivity index (χ1) is 13.0. The molecule has 1 saturated heterocycles. The molecule has 1 fully saturated rings. The summed E-state index contributed by atoms with van der Waals surface area (Å²) in [6.07, 6.45) is 6.20. The third-order valence-electron chi connectivity index (χ3n) is 5.72. The first kappa shape index (κ1) is 21.1. The number of nitrogens with zero attached hydrogens (tertiary/aromatic N) is 1. The molecule has 2 heterocycles. The van der Waals surface area contributed by atoms with Crippen LogP contribution in [0.2, 0.25) is 0 Å². The van der Waals surface area contributed by atoms with Gasteiger partial charge in [-0.25, -0.2) is 8.42 Å². The summed E-state index contributed by atoms with van der Waals surface area (Å²) in [7, 11) is -1.05. The fourth-order valence-corrected chi connectivity index (χ4v) is 5.35. The van der Waals surface area contributed by atoms with Gasteiger partial charge in [-0.3, -0.25) is 0 Å². The number of likely N-dealkylation sites (tertiary alicyclic amines) is 1. The number of likely N-dealkylation sites (N-methyl/N-ethyl adjacent to an activating group) is 1. The van der Waals surface area contributed by atoms with E-state index in [2.05, 4.69) is 35.3 Å². The lowest BCUT2D eigenvalue weighted by Crippen LogP contribution is -3.00. The molecule has 6 heteroatoms. The van der Waals surface area contributed by atoms with Crippen molar-refractivity contribution >= 4 is 20.7 Å². The van der Waals surface area contributed by atoms with E-state index in [1.807, 2.05) is 12.1 Å². The Hall–Kier alpha value is -1.63. The van der Waals surface area contributed by atoms with Gasteiger partial charge in [-0.2, -0.15) is 0 Å². The van der Waals surface area contributed by atoms with Gasteiger partial charge in [-0.05, 0) is 74.7 Å². The van der Waals surface area contributed by atoms with E-state index < -0.39 is 9.84 Å². The van der Waals surface area contributed by atoms with Crippen molar-refractivity contribution in [2.24, 2.45) is 0 Å². The summed E-state index contributed by atoms with van der Waals surface area (Å²) < 4.78 is 25.1. The van der Waals surface area contributed by atoms with Gasteiger partial charge < -0.3 is 26.9 Å². The minimum absolute atomic E-state index is 0. The highest BCUT2D eigenvalue weighted by atomic mass is 79.9. The third-order valence-corrected chi connectivity index (χ3v) is 7.45. The van der Waals surface area contributed by atoms with Crippen LogP contribution in [0.25, 0.3) is 10.9 Å². The molecule has 4 nitrogen and oxygen atoms in total. The van der Waals surface area contributed by atoms with Crippen LogP contribution in [-0.4, -0.2) is 43.7 Å². The molecule has 0 spiro atoms. The lowest BCUT2D eigenvalue weighted by Gasteiger charge is -2.18. The Morgan fingerprint density at radius 3 is 2.68 bits per heavy atom. The summed E-state index contributed by atoms with van der Waals surface area (Å²) in [6.45, 7) is 1.18. The van der Waals surface area contributed by atoms with Crippen LogP contribution < -0.4 is 17.0 Å². The molecule has 4 rings (SSSR count). The number of benzene rings is 2. The summed E-state index contributed by atoms with van der Waals surface area (Å²) >= 11 is 0. The zero-order valence-electron chi connectivity index (χ0n) is 17.1. The van der Waals surface area contributed by atoms with Crippen molar-refractivity contribution in [1.29, 1.82) is 0 Å². The van der Waals surface area contributed by atoms with Gasteiger partial charge in [-0.1, -0.05) is 24.3 Å². The first-order valence-corrected chi connectivity index (χ1v) is 11.2. The van der Waals surface area contributed by atoms with Crippen molar-refractivity contribution in [2.45, 2.75) is 36.6 Å². The van der Waals surface area contributed by atoms with Crippen molar-refractivity contribution in [1.82, 2.24) is 9.88 Å². The average molecular weight is 463 g/mol. The van der Waals surface area contributed by atoms with Crippen LogP contribution in [-0.2, 0) is 22.7 Å². The van der Waals surface area contributed by atoms with Gasteiger partial charge in [0.1, 0.15) is 0 Å². The number of fused-ring (bicyclic) bond motifs is 1. The zero-order chi connectivity index (χ0) is 18.9. The molecule has 28 heavy (non-hydrogen) atoms. The fourth-order valence-electron chi connectivity index (χ4n) is 4.04. The Kier molecular flexibility index (Phi) is 6.63. The van der Waals surface area contributed by atoms with Gasteiger partial charge in [0.15, 0.2) is 9.84 Å². The van der Waals surface area contributed by atoms with E-state index in [4.69, 9.17) is 0 Å². The molecule has 150 valence electrons. The molecule has 0 radical (unpaired) electrons.